The van der Waals surface area contributed by atoms with Gasteiger partial charge in [-0.2, -0.15) is 0 Å². The highest BCUT2D eigenvalue weighted by atomic mass is 32.2. The molecule has 102 valence electrons. The summed E-state index contributed by atoms with van der Waals surface area (Å²) < 4.78 is 24.0. The average molecular weight is 269 g/mol. The van der Waals surface area contributed by atoms with Gasteiger partial charge in [-0.05, 0) is 30.9 Å². The number of benzene rings is 1. The number of rotatable bonds is 6. The third-order valence-electron chi connectivity index (χ3n) is 3.42. The van der Waals surface area contributed by atoms with Crippen molar-refractivity contribution in [1.82, 2.24) is 0 Å². The van der Waals surface area contributed by atoms with E-state index in [0.717, 1.165) is 12.0 Å². The maximum Gasteiger partial charge on any atom is 0.154 e. The van der Waals surface area contributed by atoms with Crippen LogP contribution < -0.4 is 5.73 Å². The monoisotopic (exact) mass is 269 g/mol. The molecular weight excluding hydrogens is 246 g/mol. The van der Waals surface area contributed by atoms with E-state index in [0.29, 0.717) is 6.42 Å². The first-order chi connectivity index (χ1) is 8.40. The Morgan fingerprint density at radius 1 is 1.17 bits per heavy atom. The van der Waals surface area contributed by atoms with E-state index in [-0.39, 0.29) is 11.0 Å². The zero-order chi connectivity index (χ0) is 13.8. The van der Waals surface area contributed by atoms with Gasteiger partial charge in [-0.1, -0.05) is 38.1 Å². The Bertz CT molecular complexity index is 465. The molecule has 2 N–H and O–H groups in total. The normalized spacial score (nSPS) is 15.3. The summed E-state index contributed by atoms with van der Waals surface area (Å²) in [5.41, 5.74) is 8.11. The number of aryl methyl sites for hydroxylation is 1. The molecule has 0 aliphatic carbocycles. The van der Waals surface area contributed by atoms with Gasteiger partial charge in [0, 0.05) is 6.04 Å². The summed E-state index contributed by atoms with van der Waals surface area (Å²) in [5.74, 6) is 0.0213. The highest BCUT2D eigenvalue weighted by molar-refractivity contribution is 7.92. The lowest BCUT2D eigenvalue weighted by Gasteiger charge is -2.16. The van der Waals surface area contributed by atoms with Crippen molar-refractivity contribution in [3.8, 4) is 0 Å². The first-order valence-electron chi connectivity index (χ1n) is 6.46. The van der Waals surface area contributed by atoms with Gasteiger partial charge in [-0.25, -0.2) is 8.42 Å². The molecule has 0 saturated carbocycles. The second-order valence-corrected chi connectivity index (χ2v) is 7.21. The molecule has 0 radical (unpaired) electrons. The Balaban J connectivity index is 2.78. The number of hydrogen-bond acceptors (Lipinski definition) is 3. The van der Waals surface area contributed by atoms with E-state index >= 15 is 0 Å². The molecule has 0 bridgehead atoms. The minimum Gasteiger partial charge on any atom is -0.323 e. The van der Waals surface area contributed by atoms with Crippen LogP contribution in [-0.4, -0.2) is 19.4 Å². The molecule has 0 amide bonds. The number of nitrogens with two attached hydrogens (primary N) is 1. The molecule has 0 aliphatic heterocycles. The Morgan fingerprint density at radius 2 is 1.72 bits per heavy atom. The van der Waals surface area contributed by atoms with Crippen LogP contribution in [-0.2, 0) is 16.3 Å². The van der Waals surface area contributed by atoms with Gasteiger partial charge in [-0.3, -0.25) is 0 Å². The van der Waals surface area contributed by atoms with Crippen molar-refractivity contribution in [2.45, 2.75) is 44.9 Å². The van der Waals surface area contributed by atoms with E-state index in [2.05, 4.69) is 6.92 Å². The fraction of sp³-hybridized carbons (Fsp3) is 0.571. The Labute approximate surface area is 110 Å². The van der Waals surface area contributed by atoms with E-state index in [9.17, 15) is 8.42 Å². The van der Waals surface area contributed by atoms with Crippen molar-refractivity contribution in [2.75, 3.05) is 5.75 Å². The Kier molecular flexibility index (Phi) is 5.35. The minimum absolute atomic E-state index is 0.0213. The van der Waals surface area contributed by atoms with Gasteiger partial charge in [0.1, 0.15) is 0 Å². The third-order valence-corrected chi connectivity index (χ3v) is 5.80. The van der Waals surface area contributed by atoms with Crippen molar-refractivity contribution in [3.63, 3.8) is 0 Å². The van der Waals surface area contributed by atoms with Crippen LogP contribution in [0.25, 0.3) is 0 Å². The van der Waals surface area contributed by atoms with Crippen molar-refractivity contribution in [1.29, 1.82) is 0 Å². The average Bonchev–Trinajstić information content (AvgIpc) is 2.37. The van der Waals surface area contributed by atoms with Crippen molar-refractivity contribution >= 4 is 9.84 Å². The van der Waals surface area contributed by atoms with Gasteiger partial charge in [-0.15, -0.1) is 0 Å². The summed E-state index contributed by atoms with van der Waals surface area (Å²) >= 11 is 0. The molecule has 0 fully saturated rings. The van der Waals surface area contributed by atoms with Gasteiger partial charge in [0.25, 0.3) is 0 Å². The first kappa shape index (κ1) is 15.2. The fourth-order valence-electron chi connectivity index (χ4n) is 1.77. The van der Waals surface area contributed by atoms with Crippen LogP contribution in [0.15, 0.2) is 24.3 Å². The molecule has 1 rings (SSSR count). The second-order valence-electron chi connectivity index (χ2n) is 4.75. The Morgan fingerprint density at radius 3 is 2.17 bits per heavy atom. The van der Waals surface area contributed by atoms with Crippen LogP contribution in [0.5, 0.6) is 0 Å². The quantitative estimate of drug-likeness (QED) is 0.863. The van der Waals surface area contributed by atoms with Crippen LogP contribution >= 0.6 is 0 Å². The van der Waals surface area contributed by atoms with Crippen LogP contribution in [0.2, 0.25) is 0 Å². The van der Waals surface area contributed by atoms with Gasteiger partial charge in [0.2, 0.25) is 0 Å². The molecule has 18 heavy (non-hydrogen) atoms. The standard InChI is InChI=1S/C14H23NO2S/c1-4-11(3)18(16,17)10-14(15)13-8-6-12(5-2)7-9-13/h6-9,11,14H,4-5,10,15H2,1-3H3. The highest BCUT2D eigenvalue weighted by Gasteiger charge is 2.22. The SMILES string of the molecule is CCc1ccc(C(N)CS(=O)(=O)C(C)CC)cc1. The lowest BCUT2D eigenvalue weighted by atomic mass is 10.1. The number of sulfone groups is 1. The van der Waals surface area contributed by atoms with Crippen LogP contribution in [0.1, 0.15) is 44.4 Å². The van der Waals surface area contributed by atoms with Crippen LogP contribution in [0.3, 0.4) is 0 Å². The van der Waals surface area contributed by atoms with Gasteiger partial charge in [0.05, 0.1) is 11.0 Å². The molecule has 2 atom stereocenters. The summed E-state index contributed by atoms with van der Waals surface area (Å²) in [6, 6.07) is 7.43. The predicted molar refractivity (Wildman–Crippen MR) is 76.3 cm³/mol. The molecule has 0 saturated heterocycles. The van der Waals surface area contributed by atoms with E-state index in [1.54, 1.807) is 6.92 Å². The van der Waals surface area contributed by atoms with E-state index in [1.807, 2.05) is 31.2 Å². The lowest BCUT2D eigenvalue weighted by Crippen LogP contribution is -2.28. The molecule has 2 unspecified atom stereocenters. The molecular formula is C14H23NO2S. The molecule has 1 aromatic rings. The molecule has 0 spiro atoms. The predicted octanol–water partition coefficient (Wildman–Crippen LogP) is 2.46. The van der Waals surface area contributed by atoms with Crippen LogP contribution in [0.4, 0.5) is 0 Å². The topological polar surface area (TPSA) is 60.2 Å². The largest absolute Gasteiger partial charge is 0.323 e. The maximum absolute atomic E-state index is 12.0. The summed E-state index contributed by atoms with van der Waals surface area (Å²) in [4.78, 5) is 0. The van der Waals surface area contributed by atoms with Crippen LogP contribution in [0, 0.1) is 0 Å². The molecule has 0 aliphatic rings. The summed E-state index contributed by atoms with van der Waals surface area (Å²) in [5, 5.41) is -0.321. The minimum atomic E-state index is -3.10. The highest BCUT2D eigenvalue weighted by Crippen LogP contribution is 2.17. The molecule has 0 aromatic heterocycles. The molecule has 3 nitrogen and oxygen atoms in total. The molecule has 0 heterocycles. The summed E-state index contributed by atoms with van der Waals surface area (Å²) in [6.07, 6.45) is 1.60. The first-order valence-corrected chi connectivity index (χ1v) is 8.18. The van der Waals surface area contributed by atoms with Crippen molar-refractivity contribution in [2.24, 2.45) is 5.73 Å². The van der Waals surface area contributed by atoms with Crippen molar-refractivity contribution < 1.29 is 8.42 Å². The maximum atomic E-state index is 12.0. The third kappa shape index (κ3) is 3.82. The fourth-order valence-corrected chi connectivity index (χ4v) is 3.29. The molecule has 1 aromatic carbocycles. The van der Waals surface area contributed by atoms with Crippen molar-refractivity contribution in [3.05, 3.63) is 35.4 Å². The number of hydrogen-bond donors (Lipinski definition) is 1. The van der Waals surface area contributed by atoms with Gasteiger partial charge in [0.15, 0.2) is 9.84 Å². The summed E-state index contributed by atoms with van der Waals surface area (Å²) in [7, 11) is -3.10. The van der Waals surface area contributed by atoms with E-state index in [1.165, 1.54) is 5.56 Å². The molecule has 4 heteroatoms. The van der Waals surface area contributed by atoms with Gasteiger partial charge >= 0.3 is 0 Å². The van der Waals surface area contributed by atoms with E-state index < -0.39 is 15.9 Å². The zero-order valence-corrected chi connectivity index (χ0v) is 12.2. The smallest absolute Gasteiger partial charge is 0.154 e. The lowest BCUT2D eigenvalue weighted by molar-refractivity contribution is 0.574. The summed E-state index contributed by atoms with van der Waals surface area (Å²) in [6.45, 7) is 5.70. The zero-order valence-electron chi connectivity index (χ0n) is 11.4. The van der Waals surface area contributed by atoms with Gasteiger partial charge < -0.3 is 5.73 Å². The Hall–Kier alpha value is -0.870. The van der Waals surface area contributed by atoms with E-state index in [4.69, 9.17) is 5.73 Å². The second kappa shape index (κ2) is 6.34.